The minimum Gasteiger partial charge on any atom is -0.481 e. The van der Waals surface area contributed by atoms with Gasteiger partial charge in [-0.3, -0.25) is 9.69 Å². The number of amides is 1. The van der Waals surface area contributed by atoms with Crippen LogP contribution in [-0.2, 0) is 16.1 Å². The Balaban J connectivity index is 1.62. The number of anilines is 1. The van der Waals surface area contributed by atoms with Gasteiger partial charge in [0, 0.05) is 45.8 Å². The van der Waals surface area contributed by atoms with Gasteiger partial charge in [0.05, 0.1) is 11.6 Å². The van der Waals surface area contributed by atoms with E-state index in [9.17, 15) is 27.9 Å². The zero-order chi connectivity index (χ0) is 24.3. The summed E-state index contributed by atoms with van der Waals surface area (Å²) in [4.78, 5) is 28.4. The van der Waals surface area contributed by atoms with Crippen molar-refractivity contribution in [3.05, 3.63) is 29.1 Å². The van der Waals surface area contributed by atoms with Crippen molar-refractivity contribution in [1.82, 2.24) is 9.80 Å². The lowest BCUT2D eigenvalue weighted by molar-refractivity contribution is -0.200. The molecule has 2 aliphatic heterocycles. The zero-order valence-corrected chi connectivity index (χ0v) is 18.7. The van der Waals surface area contributed by atoms with Crippen molar-refractivity contribution < 1.29 is 37.0 Å². The van der Waals surface area contributed by atoms with Crippen molar-refractivity contribution in [2.75, 3.05) is 44.2 Å². The number of nitrogens with zero attached hydrogens (tertiary/aromatic N) is 3. The summed E-state index contributed by atoms with van der Waals surface area (Å²) in [7, 11) is 0. The summed E-state index contributed by atoms with van der Waals surface area (Å²) in [5, 5.41) is 9.22. The third kappa shape index (κ3) is 6.07. The van der Waals surface area contributed by atoms with Crippen LogP contribution in [0.1, 0.15) is 30.9 Å². The van der Waals surface area contributed by atoms with Gasteiger partial charge >= 0.3 is 18.2 Å². The first-order chi connectivity index (χ1) is 15.5. The van der Waals surface area contributed by atoms with Gasteiger partial charge in [0.15, 0.2) is 6.10 Å². The smallest absolute Gasteiger partial charge is 0.425 e. The SMILES string of the molecule is Cc1ccc(CN2CCN(C(=O)OC(C)C(F)(F)F)CC2)c(N2CCC(C(=O)O)CC2)c1F. The van der Waals surface area contributed by atoms with Crippen molar-refractivity contribution in [3.63, 3.8) is 0 Å². The van der Waals surface area contributed by atoms with E-state index >= 15 is 4.39 Å². The molecule has 1 N–H and O–H groups in total. The molecule has 1 atom stereocenters. The summed E-state index contributed by atoms with van der Waals surface area (Å²) in [5.41, 5.74) is 1.73. The molecule has 2 heterocycles. The maximum absolute atomic E-state index is 15.1. The standard InChI is InChI=1S/C22H29F4N3O4/c1-14-3-4-17(19(18(14)23)28-7-5-16(6-8-28)20(30)31)13-27-9-11-29(12-10-27)21(32)33-15(2)22(24,25)26/h3-4,15-16H,5-13H2,1-2H3,(H,30,31). The molecule has 1 unspecified atom stereocenters. The van der Waals surface area contributed by atoms with Crippen LogP contribution in [0.5, 0.6) is 0 Å². The molecule has 0 saturated carbocycles. The molecule has 0 bridgehead atoms. The number of benzene rings is 1. The normalized spacial score (nSPS) is 19.5. The Kier molecular flexibility index (Phi) is 7.71. The number of hydrogen-bond acceptors (Lipinski definition) is 5. The highest BCUT2D eigenvalue weighted by Crippen LogP contribution is 2.32. The van der Waals surface area contributed by atoms with Gasteiger partial charge in [-0.1, -0.05) is 12.1 Å². The van der Waals surface area contributed by atoms with Crippen molar-refractivity contribution >= 4 is 17.7 Å². The number of ether oxygens (including phenoxy) is 1. The Hall–Kier alpha value is -2.56. The molecule has 2 aliphatic rings. The molecule has 0 radical (unpaired) electrons. The average Bonchev–Trinajstić information content (AvgIpc) is 2.76. The van der Waals surface area contributed by atoms with Crippen molar-refractivity contribution in [1.29, 1.82) is 0 Å². The molecule has 33 heavy (non-hydrogen) atoms. The van der Waals surface area contributed by atoms with Crippen molar-refractivity contribution in [2.45, 2.75) is 45.5 Å². The third-order valence-corrected chi connectivity index (χ3v) is 6.32. The maximum atomic E-state index is 15.1. The van der Waals surface area contributed by atoms with Gasteiger partial charge < -0.3 is 19.6 Å². The lowest BCUT2D eigenvalue weighted by atomic mass is 9.95. The van der Waals surface area contributed by atoms with E-state index in [0.717, 1.165) is 12.5 Å². The minimum absolute atomic E-state index is 0.205. The van der Waals surface area contributed by atoms with Crippen LogP contribution in [0.4, 0.5) is 28.0 Å². The number of carbonyl (C=O) groups excluding carboxylic acids is 1. The molecule has 7 nitrogen and oxygen atoms in total. The number of piperazine rings is 1. The number of carbonyl (C=O) groups is 2. The van der Waals surface area contributed by atoms with Crippen LogP contribution in [0.3, 0.4) is 0 Å². The Morgan fingerprint density at radius 3 is 2.27 bits per heavy atom. The number of hydrogen-bond donors (Lipinski definition) is 1. The number of rotatable bonds is 5. The fourth-order valence-electron chi connectivity index (χ4n) is 4.15. The van der Waals surface area contributed by atoms with Crippen LogP contribution >= 0.6 is 0 Å². The Labute approximate surface area is 189 Å². The van der Waals surface area contributed by atoms with Gasteiger partial charge in [-0.25, -0.2) is 9.18 Å². The predicted molar refractivity (Wildman–Crippen MR) is 113 cm³/mol. The quantitative estimate of drug-likeness (QED) is 0.656. The summed E-state index contributed by atoms with van der Waals surface area (Å²) >= 11 is 0. The number of piperidine rings is 1. The first-order valence-corrected chi connectivity index (χ1v) is 11.0. The molecule has 1 aromatic rings. The highest BCUT2D eigenvalue weighted by molar-refractivity contribution is 5.70. The van der Waals surface area contributed by atoms with Gasteiger partial charge in [-0.15, -0.1) is 0 Å². The molecule has 2 fully saturated rings. The lowest BCUT2D eigenvalue weighted by Gasteiger charge is -2.37. The second-order valence-corrected chi connectivity index (χ2v) is 8.63. The van der Waals surface area contributed by atoms with E-state index in [-0.39, 0.29) is 18.9 Å². The second-order valence-electron chi connectivity index (χ2n) is 8.63. The molecular formula is C22H29F4N3O4. The molecule has 2 saturated heterocycles. The van der Waals surface area contributed by atoms with E-state index < -0.39 is 30.3 Å². The van der Waals surface area contributed by atoms with Gasteiger partial charge in [0.1, 0.15) is 5.82 Å². The Morgan fingerprint density at radius 2 is 1.73 bits per heavy atom. The second kappa shape index (κ2) is 10.1. The van der Waals surface area contributed by atoms with E-state index in [1.165, 1.54) is 4.90 Å². The van der Waals surface area contributed by atoms with E-state index in [0.29, 0.717) is 56.8 Å². The van der Waals surface area contributed by atoms with Crippen molar-refractivity contribution in [3.8, 4) is 0 Å². The number of aliphatic carboxylic acids is 1. The van der Waals surface area contributed by atoms with Crippen LogP contribution in [0.25, 0.3) is 0 Å². The summed E-state index contributed by atoms with van der Waals surface area (Å²) in [6, 6.07) is 3.55. The highest BCUT2D eigenvalue weighted by Gasteiger charge is 2.40. The van der Waals surface area contributed by atoms with E-state index in [1.807, 2.05) is 15.9 Å². The fraction of sp³-hybridized carbons (Fsp3) is 0.636. The summed E-state index contributed by atoms with van der Waals surface area (Å²) in [5.74, 6) is -1.59. The number of carboxylic acids is 1. The molecular weight excluding hydrogens is 446 g/mol. The molecule has 184 valence electrons. The lowest BCUT2D eigenvalue weighted by Crippen LogP contribution is -2.49. The van der Waals surface area contributed by atoms with Gasteiger partial charge in [-0.05, 0) is 37.8 Å². The molecule has 1 amide bonds. The van der Waals surface area contributed by atoms with Crippen molar-refractivity contribution in [2.24, 2.45) is 5.92 Å². The zero-order valence-electron chi connectivity index (χ0n) is 18.7. The molecule has 0 spiro atoms. The highest BCUT2D eigenvalue weighted by atomic mass is 19.4. The summed E-state index contributed by atoms with van der Waals surface area (Å²) < 4.78 is 57.5. The minimum atomic E-state index is -4.61. The van der Waals surface area contributed by atoms with Crippen LogP contribution in [0.2, 0.25) is 0 Å². The van der Waals surface area contributed by atoms with E-state index in [1.54, 1.807) is 13.0 Å². The van der Waals surface area contributed by atoms with Gasteiger partial charge in [0.2, 0.25) is 0 Å². The molecule has 3 rings (SSSR count). The molecule has 11 heteroatoms. The molecule has 0 aliphatic carbocycles. The summed E-state index contributed by atoms with van der Waals surface area (Å²) in [6.07, 6.45) is -6.89. The van der Waals surface area contributed by atoms with E-state index in [2.05, 4.69) is 4.74 Å². The van der Waals surface area contributed by atoms with Crippen LogP contribution in [0.15, 0.2) is 12.1 Å². The Bertz CT molecular complexity index is 864. The number of halogens is 4. The number of carboxylic acid groups (broad SMARTS) is 1. The predicted octanol–water partition coefficient (Wildman–Crippen LogP) is 3.64. The largest absolute Gasteiger partial charge is 0.481 e. The monoisotopic (exact) mass is 475 g/mol. The van der Waals surface area contributed by atoms with Crippen LogP contribution in [0, 0.1) is 18.7 Å². The average molecular weight is 475 g/mol. The van der Waals surface area contributed by atoms with Gasteiger partial charge in [-0.2, -0.15) is 13.2 Å². The molecule has 1 aromatic carbocycles. The topological polar surface area (TPSA) is 73.3 Å². The summed E-state index contributed by atoms with van der Waals surface area (Å²) in [6.45, 7) is 5.00. The molecule has 0 aromatic heterocycles. The third-order valence-electron chi connectivity index (χ3n) is 6.32. The number of alkyl halides is 3. The van der Waals surface area contributed by atoms with Crippen LogP contribution in [-0.4, -0.2) is 78.5 Å². The Morgan fingerprint density at radius 1 is 1.12 bits per heavy atom. The van der Waals surface area contributed by atoms with Gasteiger partial charge in [0.25, 0.3) is 0 Å². The fourth-order valence-corrected chi connectivity index (χ4v) is 4.15. The first kappa shape index (κ1) is 25.1. The number of aryl methyl sites for hydroxylation is 1. The maximum Gasteiger partial charge on any atom is 0.425 e. The van der Waals surface area contributed by atoms with Crippen LogP contribution < -0.4 is 4.90 Å². The van der Waals surface area contributed by atoms with E-state index in [4.69, 9.17) is 0 Å². The first-order valence-electron chi connectivity index (χ1n) is 11.0.